The standard InChI is InChI=1S/C10H10N2/c1-8-4-5-9-3-2-6-11-10(9)7-12-8/h2-8H,1H3/t8-/m1/s1. The summed E-state index contributed by atoms with van der Waals surface area (Å²) < 4.78 is 0. The Morgan fingerprint density at radius 2 is 2.33 bits per heavy atom. The van der Waals surface area contributed by atoms with Crippen LogP contribution in [0.15, 0.2) is 29.4 Å². The summed E-state index contributed by atoms with van der Waals surface area (Å²) in [6.07, 6.45) is 7.76. The van der Waals surface area contributed by atoms with Crippen molar-refractivity contribution in [1.82, 2.24) is 4.98 Å². The smallest absolute Gasteiger partial charge is 0.0880 e. The van der Waals surface area contributed by atoms with Crippen molar-refractivity contribution in [3.05, 3.63) is 35.7 Å². The third kappa shape index (κ3) is 1.28. The molecule has 0 N–H and O–H groups in total. The summed E-state index contributed by atoms with van der Waals surface area (Å²) in [4.78, 5) is 8.50. The molecule has 0 amide bonds. The average molecular weight is 158 g/mol. The number of aromatic nitrogens is 1. The summed E-state index contributed by atoms with van der Waals surface area (Å²) in [6.45, 7) is 2.05. The van der Waals surface area contributed by atoms with Gasteiger partial charge in [0.05, 0.1) is 11.7 Å². The van der Waals surface area contributed by atoms with E-state index < -0.39 is 0 Å². The first-order valence-corrected chi connectivity index (χ1v) is 4.02. The third-order valence-corrected chi connectivity index (χ3v) is 1.86. The summed E-state index contributed by atoms with van der Waals surface area (Å²) in [7, 11) is 0. The Kier molecular flexibility index (Phi) is 1.74. The molecule has 1 atom stereocenters. The van der Waals surface area contributed by atoms with Crippen LogP contribution in [0.2, 0.25) is 0 Å². The summed E-state index contributed by atoms with van der Waals surface area (Å²) >= 11 is 0. The predicted molar refractivity (Wildman–Crippen MR) is 50.3 cm³/mol. The molecule has 0 saturated carbocycles. The lowest BCUT2D eigenvalue weighted by atomic mass is 10.2. The Morgan fingerprint density at radius 1 is 1.42 bits per heavy atom. The van der Waals surface area contributed by atoms with Crippen molar-refractivity contribution < 1.29 is 0 Å². The predicted octanol–water partition coefficient (Wildman–Crippen LogP) is 1.92. The maximum Gasteiger partial charge on any atom is 0.0880 e. The maximum atomic E-state index is 4.29. The number of rotatable bonds is 0. The molecule has 0 saturated heterocycles. The fourth-order valence-corrected chi connectivity index (χ4v) is 1.16. The van der Waals surface area contributed by atoms with Gasteiger partial charge in [-0.1, -0.05) is 18.2 Å². The van der Waals surface area contributed by atoms with Gasteiger partial charge in [-0.2, -0.15) is 0 Å². The van der Waals surface area contributed by atoms with Crippen LogP contribution in [0.4, 0.5) is 0 Å². The summed E-state index contributed by atoms with van der Waals surface area (Å²) in [5, 5.41) is 0. The van der Waals surface area contributed by atoms with E-state index in [1.165, 1.54) is 0 Å². The molecule has 1 aliphatic rings. The van der Waals surface area contributed by atoms with Crippen LogP contribution >= 0.6 is 0 Å². The van der Waals surface area contributed by atoms with E-state index in [2.05, 4.69) is 29.1 Å². The van der Waals surface area contributed by atoms with E-state index in [1.807, 2.05) is 18.3 Å². The molecule has 2 rings (SSSR count). The van der Waals surface area contributed by atoms with Gasteiger partial charge in [0.1, 0.15) is 0 Å². The molecule has 2 heterocycles. The number of pyridine rings is 1. The highest BCUT2D eigenvalue weighted by Crippen LogP contribution is 2.10. The number of hydrogen-bond donors (Lipinski definition) is 0. The van der Waals surface area contributed by atoms with Gasteiger partial charge in [0, 0.05) is 18.0 Å². The van der Waals surface area contributed by atoms with E-state index >= 15 is 0 Å². The van der Waals surface area contributed by atoms with Crippen LogP contribution in [-0.4, -0.2) is 17.2 Å². The molecule has 2 heteroatoms. The first-order chi connectivity index (χ1) is 5.86. The lowest BCUT2D eigenvalue weighted by Gasteiger charge is -1.94. The molecule has 0 unspecified atom stereocenters. The molecular weight excluding hydrogens is 148 g/mol. The Balaban J connectivity index is 2.52. The molecule has 1 aliphatic heterocycles. The zero-order valence-electron chi connectivity index (χ0n) is 6.94. The highest BCUT2D eigenvalue weighted by atomic mass is 14.8. The van der Waals surface area contributed by atoms with Gasteiger partial charge in [-0.25, -0.2) is 0 Å². The van der Waals surface area contributed by atoms with Crippen molar-refractivity contribution in [2.75, 3.05) is 0 Å². The number of fused-ring (bicyclic) bond motifs is 1. The highest BCUT2D eigenvalue weighted by Gasteiger charge is 2.01. The van der Waals surface area contributed by atoms with Crippen LogP contribution in [0.25, 0.3) is 6.08 Å². The molecule has 2 nitrogen and oxygen atoms in total. The lowest BCUT2D eigenvalue weighted by Crippen LogP contribution is -1.91. The second-order valence-corrected chi connectivity index (χ2v) is 2.86. The quantitative estimate of drug-likeness (QED) is 0.566. The lowest BCUT2D eigenvalue weighted by molar-refractivity contribution is 0.939. The molecule has 0 spiro atoms. The van der Waals surface area contributed by atoms with Crippen LogP contribution in [0.1, 0.15) is 18.2 Å². The minimum atomic E-state index is 0.263. The van der Waals surface area contributed by atoms with Crippen LogP contribution < -0.4 is 0 Å². The van der Waals surface area contributed by atoms with E-state index in [0.29, 0.717) is 0 Å². The fraction of sp³-hybridized carbons (Fsp3) is 0.200. The number of hydrogen-bond acceptors (Lipinski definition) is 2. The van der Waals surface area contributed by atoms with Gasteiger partial charge in [-0.05, 0) is 13.0 Å². The minimum Gasteiger partial charge on any atom is -0.284 e. The molecule has 1 aromatic heterocycles. The van der Waals surface area contributed by atoms with Crippen molar-refractivity contribution in [1.29, 1.82) is 0 Å². The van der Waals surface area contributed by atoms with Crippen LogP contribution in [0, 0.1) is 0 Å². The van der Waals surface area contributed by atoms with Gasteiger partial charge in [0.25, 0.3) is 0 Å². The molecule has 0 bridgehead atoms. The van der Waals surface area contributed by atoms with Gasteiger partial charge < -0.3 is 0 Å². The van der Waals surface area contributed by atoms with Gasteiger partial charge in [-0.3, -0.25) is 9.98 Å². The first kappa shape index (κ1) is 7.22. The SMILES string of the molecule is C[C@@H]1C=Cc2cccnc2C=N1. The maximum absolute atomic E-state index is 4.29. The monoisotopic (exact) mass is 158 g/mol. The molecule has 0 aromatic carbocycles. The average Bonchev–Trinajstić information content (AvgIpc) is 2.29. The molecular formula is C10H10N2. The van der Waals surface area contributed by atoms with Crippen LogP contribution in [0.5, 0.6) is 0 Å². The molecule has 12 heavy (non-hydrogen) atoms. The Labute approximate surface area is 71.7 Å². The summed E-state index contributed by atoms with van der Waals surface area (Å²) in [5.41, 5.74) is 2.10. The van der Waals surface area contributed by atoms with Crippen molar-refractivity contribution in [2.45, 2.75) is 13.0 Å². The fourth-order valence-electron chi connectivity index (χ4n) is 1.16. The topological polar surface area (TPSA) is 25.2 Å². The molecule has 0 radical (unpaired) electrons. The second kappa shape index (κ2) is 2.89. The van der Waals surface area contributed by atoms with Crippen molar-refractivity contribution in [3.63, 3.8) is 0 Å². The van der Waals surface area contributed by atoms with E-state index in [-0.39, 0.29) is 6.04 Å². The number of nitrogens with zero attached hydrogens (tertiary/aromatic N) is 2. The van der Waals surface area contributed by atoms with Gasteiger partial charge in [-0.15, -0.1) is 0 Å². The summed E-state index contributed by atoms with van der Waals surface area (Å²) in [5.74, 6) is 0. The largest absolute Gasteiger partial charge is 0.284 e. The van der Waals surface area contributed by atoms with Gasteiger partial charge >= 0.3 is 0 Å². The zero-order valence-corrected chi connectivity index (χ0v) is 6.94. The van der Waals surface area contributed by atoms with Crippen molar-refractivity contribution in [2.24, 2.45) is 4.99 Å². The Hall–Kier alpha value is -1.44. The second-order valence-electron chi connectivity index (χ2n) is 2.86. The zero-order chi connectivity index (χ0) is 8.39. The normalized spacial score (nSPS) is 20.2. The number of aliphatic imine (C=N–C) groups is 1. The Morgan fingerprint density at radius 3 is 3.25 bits per heavy atom. The Bertz CT molecular complexity index is 306. The van der Waals surface area contributed by atoms with Gasteiger partial charge in [0.15, 0.2) is 0 Å². The first-order valence-electron chi connectivity index (χ1n) is 4.02. The van der Waals surface area contributed by atoms with E-state index in [1.54, 1.807) is 6.20 Å². The molecule has 0 fully saturated rings. The van der Waals surface area contributed by atoms with Crippen LogP contribution in [0.3, 0.4) is 0 Å². The van der Waals surface area contributed by atoms with Crippen molar-refractivity contribution in [3.8, 4) is 0 Å². The molecule has 60 valence electrons. The van der Waals surface area contributed by atoms with E-state index in [0.717, 1.165) is 11.3 Å². The molecule has 1 aromatic rings. The summed E-state index contributed by atoms with van der Waals surface area (Å²) in [6, 6.07) is 4.25. The minimum absolute atomic E-state index is 0.263. The van der Waals surface area contributed by atoms with Crippen LogP contribution in [-0.2, 0) is 0 Å². The van der Waals surface area contributed by atoms with Crippen molar-refractivity contribution >= 4 is 12.3 Å². The third-order valence-electron chi connectivity index (χ3n) is 1.86. The van der Waals surface area contributed by atoms with Gasteiger partial charge in [0.2, 0.25) is 0 Å². The van der Waals surface area contributed by atoms with E-state index in [9.17, 15) is 0 Å². The highest BCUT2D eigenvalue weighted by molar-refractivity contribution is 5.84. The molecule has 0 aliphatic carbocycles. The van der Waals surface area contributed by atoms with E-state index in [4.69, 9.17) is 0 Å².